The fraction of sp³-hybridized carbons (Fsp3) is 0.483. The van der Waals surface area contributed by atoms with Crippen molar-refractivity contribution in [3.63, 3.8) is 0 Å². The number of carboxylic acid groups (broad SMARTS) is 1. The van der Waals surface area contributed by atoms with Crippen molar-refractivity contribution in [3.8, 4) is 0 Å². The molecule has 0 saturated heterocycles. The Hall–Kier alpha value is -3.15. The van der Waals surface area contributed by atoms with Crippen molar-refractivity contribution in [2.24, 2.45) is 11.3 Å². The molecule has 6 nitrogen and oxygen atoms in total. The van der Waals surface area contributed by atoms with E-state index in [1.54, 1.807) is 6.92 Å². The van der Waals surface area contributed by atoms with Gasteiger partial charge in [0.25, 0.3) is 0 Å². The zero-order valence-electron chi connectivity index (χ0n) is 20.4. The number of fused-ring (bicyclic) bond motifs is 1. The van der Waals surface area contributed by atoms with Gasteiger partial charge in [-0.3, -0.25) is 9.59 Å². The molecule has 6 heteroatoms. The number of ether oxygens (including phenoxy) is 1. The van der Waals surface area contributed by atoms with E-state index in [0.717, 1.165) is 36.0 Å². The second-order valence-corrected chi connectivity index (χ2v) is 10.1. The molecule has 0 radical (unpaired) electrons. The van der Waals surface area contributed by atoms with Gasteiger partial charge in [-0.25, -0.2) is 4.79 Å². The summed E-state index contributed by atoms with van der Waals surface area (Å²) in [7, 11) is 0. The van der Waals surface area contributed by atoms with Gasteiger partial charge in [-0.05, 0) is 55.7 Å². The van der Waals surface area contributed by atoms with E-state index in [0.29, 0.717) is 32.3 Å². The van der Waals surface area contributed by atoms with Crippen LogP contribution in [0.2, 0.25) is 0 Å². The lowest BCUT2D eigenvalue weighted by Crippen LogP contribution is -2.59. The van der Waals surface area contributed by atoms with Crippen molar-refractivity contribution in [1.29, 1.82) is 0 Å². The Kier molecular flexibility index (Phi) is 7.58. The monoisotopic (exact) mass is 477 g/mol. The summed E-state index contributed by atoms with van der Waals surface area (Å²) >= 11 is 0. The smallest absolute Gasteiger partial charge is 0.330 e. The van der Waals surface area contributed by atoms with Crippen LogP contribution < -0.4 is 5.32 Å². The Bertz CT molecular complexity index is 1030. The molecule has 2 aromatic rings. The minimum atomic E-state index is -1.35. The van der Waals surface area contributed by atoms with Crippen molar-refractivity contribution in [3.05, 3.63) is 71.3 Å². The van der Waals surface area contributed by atoms with Gasteiger partial charge in [0.15, 0.2) is 0 Å². The zero-order valence-corrected chi connectivity index (χ0v) is 20.4. The first-order valence-corrected chi connectivity index (χ1v) is 12.7. The molecule has 0 bridgehead atoms. The predicted molar refractivity (Wildman–Crippen MR) is 133 cm³/mol. The zero-order chi connectivity index (χ0) is 24.9. The highest BCUT2D eigenvalue weighted by atomic mass is 16.5. The predicted octanol–water partition coefficient (Wildman–Crippen LogP) is 4.49. The number of hydrogen-bond acceptors (Lipinski definition) is 4. The number of hydrogen-bond donors (Lipinski definition) is 2. The third-order valence-corrected chi connectivity index (χ3v) is 7.79. The molecule has 0 aliphatic heterocycles. The highest BCUT2D eigenvalue weighted by molar-refractivity contribution is 5.91. The third kappa shape index (κ3) is 5.42. The number of carbonyl (C=O) groups is 3. The van der Waals surface area contributed by atoms with Crippen LogP contribution in [-0.4, -0.2) is 35.1 Å². The van der Waals surface area contributed by atoms with Crippen LogP contribution in [0.3, 0.4) is 0 Å². The number of nitrogens with one attached hydrogen (secondary N) is 1. The Morgan fingerprint density at radius 3 is 2.14 bits per heavy atom. The van der Waals surface area contributed by atoms with Gasteiger partial charge in [0.2, 0.25) is 5.91 Å². The quantitative estimate of drug-likeness (QED) is 0.492. The maximum absolute atomic E-state index is 13.8. The molecule has 0 spiro atoms. The van der Waals surface area contributed by atoms with Crippen molar-refractivity contribution >= 4 is 17.8 Å². The van der Waals surface area contributed by atoms with Crippen LogP contribution in [0.15, 0.2) is 54.6 Å². The van der Waals surface area contributed by atoms with E-state index in [-0.39, 0.29) is 24.7 Å². The second kappa shape index (κ2) is 10.6. The summed E-state index contributed by atoms with van der Waals surface area (Å²) in [6.07, 6.45) is 5.33. The molecule has 0 aromatic heterocycles. The lowest BCUT2D eigenvalue weighted by atomic mass is 9.74. The van der Waals surface area contributed by atoms with Crippen molar-refractivity contribution < 1.29 is 24.2 Å². The Labute approximate surface area is 207 Å². The lowest BCUT2D eigenvalue weighted by molar-refractivity contribution is -0.153. The molecule has 1 amide bonds. The molecule has 186 valence electrons. The SMILES string of the molecule is CCOC(=O)[C@H](CCc1ccccc1)CC1(C(=O)NC2(C(=O)O)Cc3ccccc3C2)CCCC1. The Balaban J connectivity index is 1.54. The molecule has 1 atom stereocenters. The summed E-state index contributed by atoms with van der Waals surface area (Å²) in [4.78, 5) is 39.2. The molecule has 4 rings (SSSR count). The molecule has 2 aliphatic rings. The molecule has 0 unspecified atom stereocenters. The van der Waals surface area contributed by atoms with Crippen LogP contribution in [0.1, 0.15) is 62.1 Å². The summed E-state index contributed by atoms with van der Waals surface area (Å²) in [5, 5.41) is 13.2. The molecule has 0 heterocycles. The van der Waals surface area contributed by atoms with Gasteiger partial charge in [-0.15, -0.1) is 0 Å². The maximum Gasteiger partial charge on any atom is 0.330 e. The highest BCUT2D eigenvalue weighted by Gasteiger charge is 2.51. The van der Waals surface area contributed by atoms with E-state index in [1.165, 1.54) is 0 Å². The first kappa shape index (κ1) is 25.0. The van der Waals surface area contributed by atoms with Crippen LogP contribution in [-0.2, 0) is 38.4 Å². The molecule has 1 fully saturated rings. The van der Waals surface area contributed by atoms with E-state index < -0.39 is 22.8 Å². The van der Waals surface area contributed by atoms with E-state index in [1.807, 2.05) is 54.6 Å². The average molecular weight is 478 g/mol. The summed E-state index contributed by atoms with van der Waals surface area (Å²) in [6.45, 7) is 2.08. The normalized spacial score (nSPS) is 18.4. The molecule has 35 heavy (non-hydrogen) atoms. The molecular formula is C29H35NO5. The molecule has 1 saturated carbocycles. The standard InChI is InChI=1S/C29H35NO5/c1-2-35-25(31)24(15-14-21-10-4-3-5-11-21)18-28(16-8-9-17-28)26(32)30-29(27(33)34)19-22-12-6-7-13-23(22)20-29/h3-7,10-13,24H,2,8-9,14-20H2,1H3,(H,30,32)(H,33,34)/t24-/m1/s1. The van der Waals surface area contributed by atoms with Gasteiger partial charge in [-0.1, -0.05) is 67.4 Å². The lowest BCUT2D eigenvalue weighted by Gasteiger charge is -2.35. The van der Waals surface area contributed by atoms with Crippen LogP contribution in [0.5, 0.6) is 0 Å². The Morgan fingerprint density at radius 2 is 1.57 bits per heavy atom. The first-order valence-electron chi connectivity index (χ1n) is 12.7. The van der Waals surface area contributed by atoms with E-state index >= 15 is 0 Å². The third-order valence-electron chi connectivity index (χ3n) is 7.79. The van der Waals surface area contributed by atoms with Gasteiger partial charge >= 0.3 is 11.9 Å². The minimum Gasteiger partial charge on any atom is -0.479 e. The topological polar surface area (TPSA) is 92.7 Å². The van der Waals surface area contributed by atoms with Gasteiger partial charge in [-0.2, -0.15) is 0 Å². The van der Waals surface area contributed by atoms with Crippen LogP contribution in [0, 0.1) is 11.3 Å². The number of benzene rings is 2. The van der Waals surface area contributed by atoms with Crippen molar-refractivity contribution in [2.75, 3.05) is 6.61 Å². The molecule has 2 aromatic carbocycles. The summed E-state index contributed by atoms with van der Waals surface area (Å²) in [6, 6.07) is 17.6. The van der Waals surface area contributed by atoms with E-state index in [2.05, 4.69) is 5.32 Å². The van der Waals surface area contributed by atoms with Crippen LogP contribution in [0.25, 0.3) is 0 Å². The van der Waals surface area contributed by atoms with E-state index in [9.17, 15) is 19.5 Å². The maximum atomic E-state index is 13.8. The Morgan fingerprint density at radius 1 is 0.971 bits per heavy atom. The first-order chi connectivity index (χ1) is 16.9. The van der Waals surface area contributed by atoms with Gasteiger partial charge in [0.05, 0.1) is 17.9 Å². The number of carbonyl (C=O) groups excluding carboxylic acids is 2. The van der Waals surface area contributed by atoms with Crippen molar-refractivity contribution in [1.82, 2.24) is 5.32 Å². The largest absolute Gasteiger partial charge is 0.479 e. The van der Waals surface area contributed by atoms with Crippen LogP contribution in [0.4, 0.5) is 0 Å². The number of amides is 1. The molecule has 2 N–H and O–H groups in total. The van der Waals surface area contributed by atoms with Crippen LogP contribution >= 0.6 is 0 Å². The van der Waals surface area contributed by atoms with Gasteiger partial charge in [0, 0.05) is 12.8 Å². The van der Waals surface area contributed by atoms with Gasteiger partial charge < -0.3 is 15.2 Å². The number of aryl methyl sites for hydroxylation is 1. The summed E-state index contributed by atoms with van der Waals surface area (Å²) in [5.74, 6) is -1.94. The number of aliphatic carboxylic acids is 1. The summed E-state index contributed by atoms with van der Waals surface area (Å²) in [5.41, 5.74) is 0.955. The molecule has 2 aliphatic carbocycles. The number of esters is 1. The minimum absolute atomic E-state index is 0.237. The van der Waals surface area contributed by atoms with E-state index in [4.69, 9.17) is 4.74 Å². The highest BCUT2D eigenvalue weighted by Crippen LogP contribution is 2.45. The summed E-state index contributed by atoms with van der Waals surface area (Å²) < 4.78 is 5.40. The number of rotatable bonds is 10. The van der Waals surface area contributed by atoms with Gasteiger partial charge in [0.1, 0.15) is 5.54 Å². The number of carboxylic acids is 1. The molecular weight excluding hydrogens is 442 g/mol. The van der Waals surface area contributed by atoms with Crippen molar-refractivity contribution in [2.45, 2.75) is 70.3 Å². The fourth-order valence-electron chi connectivity index (χ4n) is 5.85. The average Bonchev–Trinajstić information content (AvgIpc) is 3.48. The fourth-order valence-corrected chi connectivity index (χ4v) is 5.85. The second-order valence-electron chi connectivity index (χ2n) is 10.1.